The van der Waals surface area contributed by atoms with Crippen LogP contribution in [0.15, 0.2) is 48.8 Å². The van der Waals surface area contributed by atoms with Gasteiger partial charge in [-0.2, -0.15) is 0 Å². The van der Waals surface area contributed by atoms with E-state index in [0.717, 1.165) is 42.1 Å². The molecule has 3 aliphatic carbocycles. The summed E-state index contributed by atoms with van der Waals surface area (Å²) in [5.41, 5.74) is 0. The molecule has 0 aromatic carbocycles. The summed E-state index contributed by atoms with van der Waals surface area (Å²) in [5.74, 6) is 4.71. The van der Waals surface area contributed by atoms with E-state index in [1.807, 2.05) is 13.2 Å². The molecule has 6 unspecified atom stereocenters. The first-order chi connectivity index (χ1) is 11.3. The zero-order valence-corrected chi connectivity index (χ0v) is 14.7. The van der Waals surface area contributed by atoms with E-state index < -0.39 is 0 Å². The molecule has 6 atom stereocenters. The summed E-state index contributed by atoms with van der Waals surface area (Å²) in [4.78, 5) is 0. The molecule has 126 valence electrons. The highest BCUT2D eigenvalue weighted by molar-refractivity contribution is 5.17. The van der Waals surface area contributed by atoms with Crippen LogP contribution in [0.4, 0.5) is 0 Å². The van der Waals surface area contributed by atoms with Crippen molar-refractivity contribution in [1.82, 2.24) is 0 Å². The molecule has 2 fully saturated rings. The SMILES string of the molecule is C/C=C/C1CC(/C=C\C2CCC(/C=C/OCC)C2)C2C=CCC12. The summed E-state index contributed by atoms with van der Waals surface area (Å²) >= 11 is 0. The predicted octanol–water partition coefficient (Wildman–Crippen LogP) is 5.91. The second-order valence-electron chi connectivity index (χ2n) is 7.50. The first-order valence-electron chi connectivity index (χ1n) is 9.57. The van der Waals surface area contributed by atoms with E-state index in [-0.39, 0.29) is 0 Å². The van der Waals surface area contributed by atoms with Crippen LogP contribution in [0, 0.1) is 35.5 Å². The number of allylic oxidation sites excluding steroid dienone is 7. The Morgan fingerprint density at radius 3 is 2.61 bits per heavy atom. The van der Waals surface area contributed by atoms with Crippen LogP contribution in [-0.2, 0) is 4.74 Å². The van der Waals surface area contributed by atoms with Crippen molar-refractivity contribution in [2.75, 3.05) is 6.61 Å². The average molecular weight is 312 g/mol. The Bertz CT molecular complexity index is 484. The maximum absolute atomic E-state index is 5.34. The van der Waals surface area contributed by atoms with Crippen LogP contribution in [-0.4, -0.2) is 6.61 Å². The quantitative estimate of drug-likeness (QED) is 0.437. The molecule has 0 radical (unpaired) electrons. The molecule has 0 spiro atoms. The van der Waals surface area contributed by atoms with Crippen LogP contribution in [0.2, 0.25) is 0 Å². The largest absolute Gasteiger partial charge is 0.502 e. The molecule has 0 saturated heterocycles. The van der Waals surface area contributed by atoms with E-state index >= 15 is 0 Å². The first-order valence-corrected chi connectivity index (χ1v) is 9.57. The summed E-state index contributed by atoms with van der Waals surface area (Å²) in [6.07, 6.45) is 25.5. The highest BCUT2D eigenvalue weighted by Gasteiger charge is 2.40. The molecule has 3 rings (SSSR count). The van der Waals surface area contributed by atoms with Crippen molar-refractivity contribution in [3.63, 3.8) is 0 Å². The molecule has 2 saturated carbocycles. The van der Waals surface area contributed by atoms with Crippen molar-refractivity contribution in [3.8, 4) is 0 Å². The van der Waals surface area contributed by atoms with Crippen LogP contribution in [0.1, 0.15) is 46.0 Å². The maximum Gasteiger partial charge on any atom is 0.0845 e. The lowest BCUT2D eigenvalue weighted by Gasteiger charge is -2.15. The second-order valence-corrected chi connectivity index (χ2v) is 7.50. The van der Waals surface area contributed by atoms with Crippen molar-refractivity contribution in [2.45, 2.75) is 46.0 Å². The molecule has 3 aliphatic rings. The van der Waals surface area contributed by atoms with Crippen LogP contribution >= 0.6 is 0 Å². The highest BCUT2D eigenvalue weighted by Crippen LogP contribution is 2.49. The van der Waals surface area contributed by atoms with E-state index in [1.165, 1.54) is 32.1 Å². The first kappa shape index (κ1) is 16.6. The molecule has 23 heavy (non-hydrogen) atoms. The van der Waals surface area contributed by atoms with Crippen molar-refractivity contribution in [1.29, 1.82) is 0 Å². The molecule has 0 aliphatic heterocycles. The van der Waals surface area contributed by atoms with Gasteiger partial charge in [0.1, 0.15) is 0 Å². The topological polar surface area (TPSA) is 9.23 Å². The molecule has 0 heterocycles. The molecule has 0 bridgehead atoms. The lowest BCUT2D eigenvalue weighted by atomic mass is 9.89. The highest BCUT2D eigenvalue weighted by atomic mass is 16.5. The lowest BCUT2D eigenvalue weighted by Crippen LogP contribution is -2.09. The van der Waals surface area contributed by atoms with Crippen molar-refractivity contribution < 1.29 is 4.74 Å². The van der Waals surface area contributed by atoms with Gasteiger partial charge >= 0.3 is 0 Å². The van der Waals surface area contributed by atoms with Gasteiger partial charge in [-0.1, -0.05) is 36.5 Å². The lowest BCUT2D eigenvalue weighted by molar-refractivity contribution is 0.266. The van der Waals surface area contributed by atoms with E-state index in [1.54, 1.807) is 0 Å². The Hall–Kier alpha value is -1.24. The van der Waals surface area contributed by atoms with E-state index in [9.17, 15) is 0 Å². The third kappa shape index (κ3) is 4.00. The van der Waals surface area contributed by atoms with E-state index in [0.29, 0.717) is 0 Å². The molecule has 0 aromatic rings. The minimum atomic E-state index is 0.717. The maximum atomic E-state index is 5.34. The third-order valence-electron chi connectivity index (χ3n) is 6.05. The van der Waals surface area contributed by atoms with E-state index in [2.05, 4.69) is 49.5 Å². The van der Waals surface area contributed by atoms with Crippen LogP contribution in [0.3, 0.4) is 0 Å². The number of hydrogen-bond acceptors (Lipinski definition) is 1. The Labute approximate surface area is 142 Å². The summed E-state index contributed by atoms with van der Waals surface area (Å²) in [7, 11) is 0. The van der Waals surface area contributed by atoms with Crippen LogP contribution in [0.5, 0.6) is 0 Å². The van der Waals surface area contributed by atoms with Gasteiger partial charge in [0, 0.05) is 0 Å². The smallest absolute Gasteiger partial charge is 0.0845 e. The van der Waals surface area contributed by atoms with Crippen molar-refractivity contribution >= 4 is 0 Å². The van der Waals surface area contributed by atoms with Gasteiger partial charge in [0.05, 0.1) is 12.9 Å². The molecule has 0 N–H and O–H groups in total. The Morgan fingerprint density at radius 2 is 1.83 bits per heavy atom. The van der Waals surface area contributed by atoms with Crippen molar-refractivity contribution in [3.05, 3.63) is 48.8 Å². The molecule has 1 nitrogen and oxygen atoms in total. The Morgan fingerprint density at radius 1 is 1.00 bits per heavy atom. The summed E-state index contributed by atoms with van der Waals surface area (Å²) in [5, 5.41) is 0. The number of fused-ring (bicyclic) bond motifs is 1. The van der Waals surface area contributed by atoms with E-state index in [4.69, 9.17) is 4.74 Å². The van der Waals surface area contributed by atoms with Gasteiger partial charge in [-0.25, -0.2) is 0 Å². The zero-order chi connectivity index (χ0) is 16.1. The van der Waals surface area contributed by atoms with Gasteiger partial charge in [0.2, 0.25) is 0 Å². The van der Waals surface area contributed by atoms with Crippen LogP contribution in [0.25, 0.3) is 0 Å². The second kappa shape index (κ2) is 8.04. The summed E-state index contributed by atoms with van der Waals surface area (Å²) in [6, 6.07) is 0. The fourth-order valence-corrected chi connectivity index (χ4v) is 4.90. The fourth-order valence-electron chi connectivity index (χ4n) is 4.90. The van der Waals surface area contributed by atoms with Gasteiger partial charge in [0.25, 0.3) is 0 Å². The molecule has 0 amide bonds. The van der Waals surface area contributed by atoms with Gasteiger partial charge in [0.15, 0.2) is 0 Å². The standard InChI is InChI=1S/C22H32O/c1-3-6-19-16-20(22-8-5-7-21(19)22)12-11-17-9-10-18(15-17)13-14-23-4-2/h3,5-6,8,11-14,17-22H,4,7,9-10,15-16H2,1-2H3/b6-3+,12-11-,14-13+. The van der Waals surface area contributed by atoms with Gasteiger partial charge < -0.3 is 4.74 Å². The Kier molecular flexibility index (Phi) is 5.80. The minimum absolute atomic E-state index is 0.717. The number of ether oxygens (including phenoxy) is 1. The normalized spacial score (nSPS) is 40.1. The summed E-state index contributed by atoms with van der Waals surface area (Å²) in [6.45, 7) is 4.98. The number of hydrogen-bond donors (Lipinski definition) is 0. The molecular weight excluding hydrogens is 280 g/mol. The Balaban J connectivity index is 1.53. The molecule has 0 aromatic heterocycles. The van der Waals surface area contributed by atoms with Gasteiger partial charge in [-0.05, 0) is 87.5 Å². The average Bonchev–Trinajstić information content (AvgIpc) is 3.24. The molecule has 1 heteroatoms. The monoisotopic (exact) mass is 312 g/mol. The molecular formula is C22H32O. The predicted molar refractivity (Wildman–Crippen MR) is 97.9 cm³/mol. The third-order valence-corrected chi connectivity index (χ3v) is 6.05. The number of rotatable bonds is 6. The fraction of sp³-hybridized carbons (Fsp3) is 0.636. The summed E-state index contributed by atoms with van der Waals surface area (Å²) < 4.78 is 5.34. The van der Waals surface area contributed by atoms with Gasteiger partial charge in [-0.3, -0.25) is 0 Å². The van der Waals surface area contributed by atoms with Gasteiger partial charge in [-0.15, -0.1) is 0 Å². The zero-order valence-electron chi connectivity index (χ0n) is 14.7. The van der Waals surface area contributed by atoms with Crippen LogP contribution < -0.4 is 0 Å². The minimum Gasteiger partial charge on any atom is -0.502 e. The van der Waals surface area contributed by atoms with Crippen molar-refractivity contribution in [2.24, 2.45) is 35.5 Å².